The van der Waals surface area contributed by atoms with Crippen LogP contribution in [0.2, 0.25) is 0 Å². The quantitative estimate of drug-likeness (QED) is 0.820. The molecule has 1 aromatic heterocycles. The second kappa shape index (κ2) is 4.79. The van der Waals surface area contributed by atoms with Gasteiger partial charge in [-0.15, -0.1) is 11.3 Å². The molecule has 15 heavy (non-hydrogen) atoms. The number of hydrogen-bond donors (Lipinski definition) is 1. The molecule has 1 heterocycles. The highest BCUT2D eigenvalue weighted by atomic mass is 32.1. The van der Waals surface area contributed by atoms with E-state index in [0.717, 1.165) is 17.7 Å². The van der Waals surface area contributed by atoms with Crippen LogP contribution in [0.25, 0.3) is 0 Å². The van der Waals surface area contributed by atoms with Crippen LogP contribution in [-0.2, 0) is 0 Å². The fraction of sp³-hybridized carbons (Fsp3) is 0.583. The van der Waals surface area contributed by atoms with Gasteiger partial charge in [-0.05, 0) is 31.9 Å². The van der Waals surface area contributed by atoms with Crippen LogP contribution >= 0.6 is 11.3 Å². The second-order valence-electron chi connectivity index (χ2n) is 4.22. The van der Waals surface area contributed by atoms with Crippen molar-refractivity contribution in [2.45, 2.75) is 45.1 Å². The zero-order chi connectivity index (χ0) is 10.7. The lowest BCUT2D eigenvalue weighted by Gasteiger charge is -2.22. The molecular weight excluding hydrogens is 206 g/mol. The maximum atomic E-state index is 11.8. The largest absolute Gasteiger partial charge is 0.349 e. The van der Waals surface area contributed by atoms with Crippen molar-refractivity contribution in [2.75, 3.05) is 0 Å². The zero-order valence-corrected chi connectivity index (χ0v) is 9.90. The Morgan fingerprint density at radius 2 is 2.07 bits per heavy atom. The Kier molecular flexibility index (Phi) is 3.41. The fourth-order valence-electron chi connectivity index (χ4n) is 2.06. The Morgan fingerprint density at radius 1 is 1.33 bits per heavy atom. The first-order valence-electron chi connectivity index (χ1n) is 5.63. The maximum absolute atomic E-state index is 11.8. The smallest absolute Gasteiger partial charge is 0.261 e. The minimum absolute atomic E-state index is 0.111. The van der Waals surface area contributed by atoms with Crippen molar-refractivity contribution in [3.05, 3.63) is 21.9 Å². The van der Waals surface area contributed by atoms with Gasteiger partial charge in [0.25, 0.3) is 5.91 Å². The highest BCUT2D eigenvalue weighted by Gasteiger charge is 2.17. The fourth-order valence-corrected chi connectivity index (χ4v) is 2.83. The Balaban J connectivity index is 1.91. The van der Waals surface area contributed by atoms with Crippen LogP contribution in [0, 0.1) is 6.92 Å². The highest BCUT2D eigenvalue weighted by molar-refractivity contribution is 7.13. The number of rotatable bonds is 2. The highest BCUT2D eigenvalue weighted by Crippen LogP contribution is 2.19. The Hall–Kier alpha value is -0.830. The molecular formula is C12H17NOS. The molecule has 3 heteroatoms. The Labute approximate surface area is 94.7 Å². The number of nitrogens with one attached hydrogen (secondary N) is 1. The van der Waals surface area contributed by atoms with Crippen LogP contribution in [0.1, 0.15) is 46.7 Å². The summed E-state index contributed by atoms with van der Waals surface area (Å²) in [4.78, 5) is 13.9. The van der Waals surface area contributed by atoms with Gasteiger partial charge < -0.3 is 5.32 Å². The van der Waals surface area contributed by atoms with E-state index in [1.807, 2.05) is 19.1 Å². The summed E-state index contributed by atoms with van der Waals surface area (Å²) in [5, 5.41) is 3.12. The van der Waals surface area contributed by atoms with Crippen LogP contribution < -0.4 is 5.32 Å². The van der Waals surface area contributed by atoms with Gasteiger partial charge in [0.05, 0.1) is 4.88 Å². The lowest BCUT2D eigenvalue weighted by atomic mass is 9.95. The van der Waals surface area contributed by atoms with E-state index >= 15 is 0 Å². The third-order valence-electron chi connectivity index (χ3n) is 2.90. The number of amides is 1. The third-order valence-corrected chi connectivity index (χ3v) is 3.90. The summed E-state index contributed by atoms with van der Waals surface area (Å²) in [5.74, 6) is 0.111. The molecule has 1 aromatic rings. The zero-order valence-electron chi connectivity index (χ0n) is 9.08. The van der Waals surface area contributed by atoms with E-state index in [1.165, 1.54) is 24.1 Å². The predicted molar refractivity (Wildman–Crippen MR) is 63.4 cm³/mol. The Bertz CT molecular complexity index is 339. The number of carbonyl (C=O) groups excluding carboxylic acids is 1. The average Bonchev–Trinajstić information content (AvgIpc) is 2.66. The van der Waals surface area contributed by atoms with Gasteiger partial charge in [-0.25, -0.2) is 0 Å². The summed E-state index contributed by atoms with van der Waals surface area (Å²) in [6, 6.07) is 4.33. The summed E-state index contributed by atoms with van der Waals surface area (Å²) in [5.41, 5.74) is 0. The molecule has 1 aliphatic carbocycles. The van der Waals surface area contributed by atoms with Crippen molar-refractivity contribution >= 4 is 17.2 Å². The first kappa shape index (κ1) is 10.7. The molecule has 1 N–H and O–H groups in total. The van der Waals surface area contributed by atoms with Gasteiger partial charge in [0.1, 0.15) is 0 Å². The van der Waals surface area contributed by atoms with Gasteiger partial charge >= 0.3 is 0 Å². The van der Waals surface area contributed by atoms with Crippen LogP contribution in [0.3, 0.4) is 0 Å². The van der Waals surface area contributed by atoms with E-state index in [4.69, 9.17) is 0 Å². The van der Waals surface area contributed by atoms with Crippen molar-refractivity contribution in [3.8, 4) is 0 Å². The normalized spacial score (nSPS) is 17.7. The Morgan fingerprint density at radius 3 is 2.67 bits per heavy atom. The standard InChI is InChI=1S/C12H17NOS/c1-9-7-8-11(15-9)12(14)13-10-5-3-2-4-6-10/h7-8,10H,2-6H2,1H3,(H,13,14). The first-order valence-corrected chi connectivity index (χ1v) is 6.44. The number of hydrogen-bond acceptors (Lipinski definition) is 2. The molecule has 2 rings (SSSR count). The molecule has 0 aliphatic heterocycles. The van der Waals surface area contributed by atoms with E-state index in [1.54, 1.807) is 11.3 Å². The molecule has 0 spiro atoms. The summed E-state index contributed by atoms with van der Waals surface area (Å²) in [6.07, 6.45) is 6.14. The molecule has 1 aliphatic rings. The monoisotopic (exact) mass is 223 g/mol. The van der Waals surface area contributed by atoms with E-state index in [-0.39, 0.29) is 5.91 Å². The summed E-state index contributed by atoms with van der Waals surface area (Å²) < 4.78 is 0. The van der Waals surface area contributed by atoms with E-state index in [0.29, 0.717) is 6.04 Å². The topological polar surface area (TPSA) is 29.1 Å². The van der Waals surface area contributed by atoms with E-state index in [2.05, 4.69) is 5.32 Å². The number of thiophene rings is 1. The molecule has 1 saturated carbocycles. The molecule has 0 radical (unpaired) electrons. The second-order valence-corrected chi connectivity index (χ2v) is 5.51. The van der Waals surface area contributed by atoms with Gasteiger partial charge in [0.15, 0.2) is 0 Å². The summed E-state index contributed by atoms with van der Waals surface area (Å²) >= 11 is 1.57. The molecule has 0 atom stereocenters. The van der Waals surface area contributed by atoms with E-state index < -0.39 is 0 Å². The molecule has 0 saturated heterocycles. The molecule has 0 unspecified atom stereocenters. The van der Waals surface area contributed by atoms with Crippen molar-refractivity contribution in [1.29, 1.82) is 0 Å². The lowest BCUT2D eigenvalue weighted by molar-refractivity contribution is 0.0932. The number of carbonyl (C=O) groups is 1. The van der Waals surface area contributed by atoms with Crippen LogP contribution in [0.5, 0.6) is 0 Å². The van der Waals surface area contributed by atoms with Crippen LogP contribution in [0.15, 0.2) is 12.1 Å². The summed E-state index contributed by atoms with van der Waals surface area (Å²) in [6.45, 7) is 2.03. The van der Waals surface area contributed by atoms with Crippen molar-refractivity contribution < 1.29 is 4.79 Å². The average molecular weight is 223 g/mol. The van der Waals surface area contributed by atoms with Crippen LogP contribution in [0.4, 0.5) is 0 Å². The molecule has 2 nitrogen and oxygen atoms in total. The number of aryl methyl sites for hydroxylation is 1. The van der Waals surface area contributed by atoms with Crippen LogP contribution in [-0.4, -0.2) is 11.9 Å². The maximum Gasteiger partial charge on any atom is 0.261 e. The van der Waals surface area contributed by atoms with Gasteiger partial charge in [0.2, 0.25) is 0 Å². The minimum Gasteiger partial charge on any atom is -0.349 e. The molecule has 0 aromatic carbocycles. The lowest BCUT2D eigenvalue weighted by Crippen LogP contribution is -2.35. The van der Waals surface area contributed by atoms with Crippen molar-refractivity contribution in [1.82, 2.24) is 5.32 Å². The van der Waals surface area contributed by atoms with Gasteiger partial charge in [-0.3, -0.25) is 4.79 Å². The van der Waals surface area contributed by atoms with Crippen molar-refractivity contribution in [3.63, 3.8) is 0 Å². The first-order chi connectivity index (χ1) is 7.25. The van der Waals surface area contributed by atoms with Gasteiger partial charge in [0, 0.05) is 10.9 Å². The van der Waals surface area contributed by atoms with Gasteiger partial charge in [-0.2, -0.15) is 0 Å². The molecule has 1 amide bonds. The summed E-state index contributed by atoms with van der Waals surface area (Å²) in [7, 11) is 0. The molecule has 0 bridgehead atoms. The minimum atomic E-state index is 0.111. The third kappa shape index (κ3) is 2.81. The molecule has 82 valence electrons. The van der Waals surface area contributed by atoms with Crippen molar-refractivity contribution in [2.24, 2.45) is 0 Å². The van der Waals surface area contributed by atoms with E-state index in [9.17, 15) is 4.79 Å². The van der Waals surface area contributed by atoms with Gasteiger partial charge in [-0.1, -0.05) is 19.3 Å². The molecule has 1 fully saturated rings. The predicted octanol–water partition coefficient (Wildman–Crippen LogP) is 3.12. The SMILES string of the molecule is Cc1ccc(C(=O)NC2CCCCC2)s1.